The summed E-state index contributed by atoms with van der Waals surface area (Å²) in [5.41, 5.74) is 5.50. The molecule has 3 nitrogen and oxygen atoms in total. The van der Waals surface area contributed by atoms with Crippen LogP contribution in [0.1, 0.15) is 34.7 Å². The highest BCUT2D eigenvalue weighted by Gasteiger charge is 2.18. The molecule has 1 aromatic heterocycles. The molecular weight excluding hydrogens is 308 g/mol. The summed E-state index contributed by atoms with van der Waals surface area (Å²) in [6.07, 6.45) is 4.42. The van der Waals surface area contributed by atoms with Gasteiger partial charge in [-0.3, -0.25) is 4.79 Å². The number of nitrogens with one attached hydrogen (secondary N) is 1. The highest BCUT2D eigenvalue weighted by Crippen LogP contribution is 2.24. The Balaban J connectivity index is 1.82. The molecule has 0 saturated heterocycles. The maximum atomic E-state index is 12.7. The number of carbonyl (C=O) groups excluding carboxylic acids is 1. The highest BCUT2D eigenvalue weighted by molar-refractivity contribution is 5.92. The average molecular weight is 332 g/mol. The summed E-state index contributed by atoms with van der Waals surface area (Å²) in [6, 6.07) is 18.4. The van der Waals surface area contributed by atoms with Crippen molar-refractivity contribution in [3.8, 4) is 0 Å². The standard InChI is InChI=1S/C22H24N2O/c1-16-7-6-8-19(14-16)21(24-11-4-5-12-24)15-22(25)23-20-10-9-17(2)13-18(20)3/h4-14,21H,15H2,1-3H3,(H,23,25)/t21-/m1/s1. The van der Waals surface area contributed by atoms with Gasteiger partial charge in [-0.15, -0.1) is 0 Å². The number of hydrogen-bond acceptors (Lipinski definition) is 1. The molecule has 2 aromatic carbocycles. The van der Waals surface area contributed by atoms with Crippen LogP contribution in [0.4, 0.5) is 5.69 Å². The number of benzene rings is 2. The number of anilines is 1. The largest absolute Gasteiger partial charge is 0.346 e. The molecule has 0 unspecified atom stereocenters. The summed E-state index contributed by atoms with van der Waals surface area (Å²) in [4.78, 5) is 12.7. The Morgan fingerprint density at radius 3 is 2.36 bits per heavy atom. The second kappa shape index (κ2) is 7.39. The van der Waals surface area contributed by atoms with Crippen molar-refractivity contribution in [2.24, 2.45) is 0 Å². The summed E-state index contributed by atoms with van der Waals surface area (Å²) in [6.45, 7) is 6.15. The molecule has 0 aliphatic carbocycles. The van der Waals surface area contributed by atoms with Crippen molar-refractivity contribution in [3.05, 3.63) is 89.2 Å². The molecule has 3 heteroatoms. The molecule has 3 rings (SSSR count). The lowest BCUT2D eigenvalue weighted by Gasteiger charge is -2.20. The van der Waals surface area contributed by atoms with Gasteiger partial charge in [0.2, 0.25) is 5.91 Å². The summed E-state index contributed by atoms with van der Waals surface area (Å²) in [5, 5.41) is 3.06. The van der Waals surface area contributed by atoms with Crippen molar-refractivity contribution in [2.75, 3.05) is 5.32 Å². The SMILES string of the molecule is Cc1cccc([C@@H](CC(=O)Nc2ccc(C)cc2C)n2cccc2)c1. The van der Waals surface area contributed by atoms with E-state index in [0.717, 1.165) is 16.8 Å². The van der Waals surface area contributed by atoms with E-state index in [4.69, 9.17) is 0 Å². The van der Waals surface area contributed by atoms with Gasteiger partial charge in [-0.05, 0) is 50.1 Å². The van der Waals surface area contributed by atoms with E-state index in [1.54, 1.807) is 0 Å². The first-order chi connectivity index (χ1) is 12.0. The van der Waals surface area contributed by atoms with Gasteiger partial charge in [0.25, 0.3) is 0 Å². The lowest BCUT2D eigenvalue weighted by Crippen LogP contribution is -2.20. The highest BCUT2D eigenvalue weighted by atomic mass is 16.1. The molecule has 3 aromatic rings. The van der Waals surface area contributed by atoms with E-state index in [2.05, 4.69) is 48.0 Å². The Kier molecular flexibility index (Phi) is 5.03. The molecule has 1 N–H and O–H groups in total. The zero-order chi connectivity index (χ0) is 17.8. The zero-order valence-electron chi connectivity index (χ0n) is 15.0. The van der Waals surface area contributed by atoms with Crippen LogP contribution in [0, 0.1) is 20.8 Å². The van der Waals surface area contributed by atoms with Gasteiger partial charge in [0.05, 0.1) is 12.5 Å². The predicted octanol–water partition coefficient (Wildman–Crippen LogP) is 5.03. The minimum Gasteiger partial charge on any atom is -0.346 e. The fourth-order valence-corrected chi connectivity index (χ4v) is 3.16. The number of rotatable bonds is 5. The smallest absolute Gasteiger partial charge is 0.226 e. The van der Waals surface area contributed by atoms with Crippen LogP contribution in [0.5, 0.6) is 0 Å². The van der Waals surface area contributed by atoms with E-state index < -0.39 is 0 Å². The number of hydrogen-bond donors (Lipinski definition) is 1. The Hall–Kier alpha value is -2.81. The van der Waals surface area contributed by atoms with Crippen LogP contribution >= 0.6 is 0 Å². The van der Waals surface area contributed by atoms with Crippen LogP contribution in [0.25, 0.3) is 0 Å². The molecule has 1 amide bonds. The number of nitrogens with zero attached hydrogens (tertiary/aromatic N) is 1. The van der Waals surface area contributed by atoms with Crippen molar-refractivity contribution in [1.82, 2.24) is 4.57 Å². The normalized spacial score (nSPS) is 12.0. The van der Waals surface area contributed by atoms with Crippen LogP contribution < -0.4 is 5.32 Å². The molecule has 128 valence electrons. The van der Waals surface area contributed by atoms with E-state index in [1.807, 2.05) is 49.6 Å². The topological polar surface area (TPSA) is 34.0 Å². The molecule has 0 aliphatic rings. The van der Waals surface area contributed by atoms with E-state index in [-0.39, 0.29) is 11.9 Å². The third-order valence-electron chi connectivity index (χ3n) is 4.45. The van der Waals surface area contributed by atoms with Crippen molar-refractivity contribution >= 4 is 11.6 Å². The van der Waals surface area contributed by atoms with Gasteiger partial charge in [-0.1, -0.05) is 47.5 Å². The minimum atomic E-state index is -0.0133. The van der Waals surface area contributed by atoms with E-state index >= 15 is 0 Å². The van der Waals surface area contributed by atoms with Gasteiger partial charge in [0.15, 0.2) is 0 Å². The van der Waals surface area contributed by atoms with Crippen molar-refractivity contribution in [1.29, 1.82) is 0 Å². The van der Waals surface area contributed by atoms with Crippen molar-refractivity contribution < 1.29 is 4.79 Å². The first-order valence-electron chi connectivity index (χ1n) is 8.59. The average Bonchev–Trinajstić information content (AvgIpc) is 3.09. The summed E-state index contributed by atoms with van der Waals surface area (Å²) >= 11 is 0. The third kappa shape index (κ3) is 4.18. The van der Waals surface area contributed by atoms with Gasteiger partial charge < -0.3 is 9.88 Å². The predicted molar refractivity (Wildman–Crippen MR) is 103 cm³/mol. The Morgan fingerprint density at radius 1 is 0.960 bits per heavy atom. The molecule has 0 aliphatic heterocycles. The third-order valence-corrected chi connectivity index (χ3v) is 4.45. The molecule has 0 saturated carbocycles. The molecular formula is C22H24N2O. The van der Waals surface area contributed by atoms with Gasteiger partial charge in [-0.25, -0.2) is 0 Å². The Bertz CT molecular complexity index is 865. The van der Waals surface area contributed by atoms with E-state index in [1.165, 1.54) is 11.1 Å². The Labute approximate surface area is 149 Å². The van der Waals surface area contributed by atoms with Crippen LogP contribution in [0.15, 0.2) is 67.0 Å². The number of aromatic nitrogens is 1. The van der Waals surface area contributed by atoms with Gasteiger partial charge in [-0.2, -0.15) is 0 Å². The van der Waals surface area contributed by atoms with Gasteiger partial charge >= 0.3 is 0 Å². The fraction of sp³-hybridized carbons (Fsp3) is 0.227. The molecule has 0 spiro atoms. The van der Waals surface area contributed by atoms with Crippen LogP contribution in [-0.2, 0) is 4.79 Å². The summed E-state index contributed by atoms with van der Waals surface area (Å²) in [5.74, 6) is 0.0205. The zero-order valence-corrected chi connectivity index (χ0v) is 15.0. The molecule has 1 atom stereocenters. The maximum Gasteiger partial charge on any atom is 0.226 e. The summed E-state index contributed by atoms with van der Waals surface area (Å²) < 4.78 is 2.09. The first-order valence-corrected chi connectivity index (χ1v) is 8.59. The lowest BCUT2D eigenvalue weighted by atomic mass is 10.0. The van der Waals surface area contributed by atoms with Gasteiger partial charge in [0, 0.05) is 18.1 Å². The first kappa shape index (κ1) is 17.0. The number of aryl methyl sites for hydroxylation is 3. The second-order valence-corrected chi connectivity index (χ2v) is 6.63. The quantitative estimate of drug-likeness (QED) is 0.698. The van der Waals surface area contributed by atoms with Crippen LogP contribution in [0.2, 0.25) is 0 Å². The van der Waals surface area contributed by atoms with Crippen LogP contribution in [-0.4, -0.2) is 10.5 Å². The van der Waals surface area contributed by atoms with E-state index in [9.17, 15) is 4.79 Å². The lowest BCUT2D eigenvalue weighted by molar-refractivity contribution is -0.116. The fourth-order valence-electron chi connectivity index (χ4n) is 3.16. The summed E-state index contributed by atoms with van der Waals surface area (Å²) in [7, 11) is 0. The molecule has 1 heterocycles. The molecule has 0 radical (unpaired) electrons. The molecule has 0 bridgehead atoms. The van der Waals surface area contributed by atoms with Crippen LogP contribution in [0.3, 0.4) is 0 Å². The maximum absolute atomic E-state index is 12.7. The molecule has 0 fully saturated rings. The number of amides is 1. The van der Waals surface area contributed by atoms with E-state index in [0.29, 0.717) is 6.42 Å². The van der Waals surface area contributed by atoms with Gasteiger partial charge in [0.1, 0.15) is 0 Å². The monoisotopic (exact) mass is 332 g/mol. The van der Waals surface area contributed by atoms with Crippen molar-refractivity contribution in [3.63, 3.8) is 0 Å². The Morgan fingerprint density at radius 2 is 1.68 bits per heavy atom. The second-order valence-electron chi connectivity index (χ2n) is 6.63. The number of carbonyl (C=O) groups is 1. The minimum absolute atomic E-state index is 0.0133. The molecule has 25 heavy (non-hydrogen) atoms. The van der Waals surface area contributed by atoms with Crippen molar-refractivity contribution in [2.45, 2.75) is 33.2 Å².